The van der Waals surface area contributed by atoms with Crippen LogP contribution in [0, 0.1) is 0 Å². The Hall–Kier alpha value is -1.88. The standard InChI is InChI=1S/C18H26N4O/c1-3-7-18(23)19-14-8-9-16-15(12-14)20-17(21(16)2)13-22-10-5-4-6-11-22/h8-9,12H,3-7,10-11,13H2,1-2H3,(H,19,23). The van der Waals surface area contributed by atoms with E-state index in [1.54, 1.807) is 0 Å². The number of piperidine rings is 1. The number of benzene rings is 1. The maximum atomic E-state index is 11.7. The summed E-state index contributed by atoms with van der Waals surface area (Å²) in [7, 11) is 2.07. The Kier molecular flexibility index (Phi) is 4.96. The van der Waals surface area contributed by atoms with E-state index in [0.717, 1.165) is 35.5 Å². The van der Waals surface area contributed by atoms with Crippen LogP contribution >= 0.6 is 0 Å². The number of hydrogen-bond acceptors (Lipinski definition) is 3. The number of nitrogens with zero attached hydrogens (tertiary/aromatic N) is 3. The number of carbonyl (C=O) groups is 1. The van der Waals surface area contributed by atoms with Crippen molar-refractivity contribution in [3.05, 3.63) is 24.0 Å². The first-order chi connectivity index (χ1) is 11.2. The van der Waals surface area contributed by atoms with Gasteiger partial charge in [0.05, 0.1) is 17.6 Å². The van der Waals surface area contributed by atoms with E-state index >= 15 is 0 Å². The van der Waals surface area contributed by atoms with Gasteiger partial charge in [-0.15, -0.1) is 0 Å². The molecule has 0 saturated carbocycles. The Morgan fingerprint density at radius 1 is 1.26 bits per heavy atom. The number of aromatic nitrogens is 2. The maximum absolute atomic E-state index is 11.7. The SMILES string of the molecule is CCCC(=O)Nc1ccc2c(c1)nc(CN1CCCCC1)n2C. The van der Waals surface area contributed by atoms with Crippen LogP contribution in [0.4, 0.5) is 5.69 Å². The summed E-state index contributed by atoms with van der Waals surface area (Å²) >= 11 is 0. The molecule has 1 amide bonds. The Labute approximate surface area is 137 Å². The molecule has 3 rings (SSSR count). The van der Waals surface area contributed by atoms with E-state index in [0.29, 0.717) is 6.42 Å². The third kappa shape index (κ3) is 3.72. The summed E-state index contributed by atoms with van der Waals surface area (Å²) in [5, 5.41) is 2.95. The molecule has 1 N–H and O–H groups in total. The summed E-state index contributed by atoms with van der Waals surface area (Å²) < 4.78 is 2.17. The molecule has 0 unspecified atom stereocenters. The van der Waals surface area contributed by atoms with Crippen LogP contribution in [0.1, 0.15) is 44.9 Å². The van der Waals surface area contributed by atoms with Gasteiger partial charge in [-0.1, -0.05) is 13.3 Å². The number of carbonyl (C=O) groups excluding carboxylic acids is 1. The molecular formula is C18H26N4O. The van der Waals surface area contributed by atoms with Crippen molar-refractivity contribution in [1.82, 2.24) is 14.5 Å². The predicted octanol–water partition coefficient (Wildman–Crippen LogP) is 3.30. The molecule has 0 radical (unpaired) electrons. The largest absolute Gasteiger partial charge is 0.330 e. The molecule has 5 heteroatoms. The Balaban J connectivity index is 1.78. The van der Waals surface area contributed by atoms with Crippen molar-refractivity contribution >= 4 is 22.6 Å². The molecule has 1 fully saturated rings. The summed E-state index contributed by atoms with van der Waals surface area (Å²) in [5.74, 6) is 1.16. The average molecular weight is 314 g/mol. The van der Waals surface area contributed by atoms with E-state index in [-0.39, 0.29) is 5.91 Å². The molecule has 23 heavy (non-hydrogen) atoms. The van der Waals surface area contributed by atoms with E-state index in [1.165, 1.54) is 32.4 Å². The lowest BCUT2D eigenvalue weighted by Gasteiger charge is -2.25. The molecule has 0 aliphatic carbocycles. The molecule has 1 aromatic heterocycles. The average Bonchev–Trinajstić information content (AvgIpc) is 2.84. The summed E-state index contributed by atoms with van der Waals surface area (Å²) in [6.07, 6.45) is 5.34. The van der Waals surface area contributed by atoms with Crippen molar-refractivity contribution in [2.24, 2.45) is 7.05 Å². The molecule has 2 aromatic rings. The van der Waals surface area contributed by atoms with Crippen molar-refractivity contribution in [3.63, 3.8) is 0 Å². The second-order valence-electron chi connectivity index (χ2n) is 6.43. The van der Waals surface area contributed by atoms with Crippen LogP contribution in [0.5, 0.6) is 0 Å². The van der Waals surface area contributed by atoms with Gasteiger partial charge in [-0.3, -0.25) is 9.69 Å². The van der Waals surface area contributed by atoms with Crippen LogP contribution in [0.2, 0.25) is 0 Å². The van der Waals surface area contributed by atoms with Gasteiger partial charge in [0.15, 0.2) is 0 Å². The lowest BCUT2D eigenvalue weighted by atomic mass is 10.1. The summed E-state index contributed by atoms with van der Waals surface area (Å²) in [5.41, 5.74) is 2.90. The highest BCUT2D eigenvalue weighted by Gasteiger charge is 2.15. The highest BCUT2D eigenvalue weighted by molar-refractivity contribution is 5.93. The van der Waals surface area contributed by atoms with Gasteiger partial charge in [-0.2, -0.15) is 0 Å². The van der Waals surface area contributed by atoms with E-state index < -0.39 is 0 Å². The van der Waals surface area contributed by atoms with Crippen molar-refractivity contribution in [1.29, 1.82) is 0 Å². The fourth-order valence-corrected chi connectivity index (χ4v) is 3.24. The topological polar surface area (TPSA) is 50.2 Å². The highest BCUT2D eigenvalue weighted by Crippen LogP contribution is 2.21. The van der Waals surface area contributed by atoms with Gasteiger partial charge in [0.2, 0.25) is 5.91 Å². The van der Waals surface area contributed by atoms with Gasteiger partial charge in [0.1, 0.15) is 5.82 Å². The van der Waals surface area contributed by atoms with Gasteiger partial charge < -0.3 is 9.88 Å². The number of rotatable bonds is 5. The number of hydrogen-bond donors (Lipinski definition) is 1. The minimum atomic E-state index is 0.0660. The number of imidazole rings is 1. The van der Waals surface area contributed by atoms with Crippen molar-refractivity contribution in [2.75, 3.05) is 18.4 Å². The minimum absolute atomic E-state index is 0.0660. The van der Waals surface area contributed by atoms with E-state index in [1.807, 2.05) is 25.1 Å². The lowest BCUT2D eigenvalue weighted by molar-refractivity contribution is -0.116. The first kappa shape index (κ1) is 16.0. The van der Waals surface area contributed by atoms with Gasteiger partial charge in [0, 0.05) is 19.2 Å². The molecule has 1 aromatic carbocycles. The van der Waals surface area contributed by atoms with E-state index in [4.69, 9.17) is 4.98 Å². The number of likely N-dealkylation sites (tertiary alicyclic amines) is 1. The zero-order chi connectivity index (χ0) is 16.2. The zero-order valence-electron chi connectivity index (χ0n) is 14.1. The summed E-state index contributed by atoms with van der Waals surface area (Å²) in [4.78, 5) is 19.0. The van der Waals surface area contributed by atoms with Crippen LogP contribution in [-0.4, -0.2) is 33.4 Å². The summed E-state index contributed by atoms with van der Waals surface area (Å²) in [6, 6.07) is 5.98. The number of anilines is 1. The number of fused-ring (bicyclic) bond motifs is 1. The Bertz CT molecular complexity index is 686. The number of nitrogens with one attached hydrogen (secondary N) is 1. The van der Waals surface area contributed by atoms with Crippen molar-refractivity contribution < 1.29 is 4.79 Å². The van der Waals surface area contributed by atoms with Crippen LogP contribution < -0.4 is 5.32 Å². The normalized spacial score (nSPS) is 15.9. The van der Waals surface area contributed by atoms with Crippen LogP contribution in [0.3, 0.4) is 0 Å². The minimum Gasteiger partial charge on any atom is -0.330 e. The van der Waals surface area contributed by atoms with Crippen molar-refractivity contribution in [2.45, 2.75) is 45.6 Å². The zero-order valence-corrected chi connectivity index (χ0v) is 14.1. The van der Waals surface area contributed by atoms with Gasteiger partial charge >= 0.3 is 0 Å². The summed E-state index contributed by atoms with van der Waals surface area (Å²) in [6.45, 7) is 5.25. The Morgan fingerprint density at radius 2 is 2.04 bits per heavy atom. The molecule has 0 atom stereocenters. The second kappa shape index (κ2) is 7.13. The number of aryl methyl sites for hydroxylation is 1. The molecule has 1 saturated heterocycles. The maximum Gasteiger partial charge on any atom is 0.224 e. The lowest BCUT2D eigenvalue weighted by Crippen LogP contribution is -2.30. The van der Waals surface area contributed by atoms with Crippen LogP contribution in [0.25, 0.3) is 11.0 Å². The van der Waals surface area contributed by atoms with Gasteiger partial charge in [0.25, 0.3) is 0 Å². The molecule has 124 valence electrons. The quantitative estimate of drug-likeness (QED) is 0.921. The fourth-order valence-electron chi connectivity index (χ4n) is 3.24. The third-order valence-electron chi connectivity index (χ3n) is 4.55. The van der Waals surface area contributed by atoms with E-state index in [9.17, 15) is 4.79 Å². The molecule has 0 bridgehead atoms. The predicted molar refractivity (Wildman–Crippen MR) is 93.4 cm³/mol. The molecule has 0 spiro atoms. The van der Waals surface area contributed by atoms with E-state index in [2.05, 4.69) is 21.8 Å². The molecular weight excluding hydrogens is 288 g/mol. The molecule has 1 aliphatic heterocycles. The van der Waals surface area contributed by atoms with Gasteiger partial charge in [-0.25, -0.2) is 4.98 Å². The first-order valence-corrected chi connectivity index (χ1v) is 8.65. The monoisotopic (exact) mass is 314 g/mol. The third-order valence-corrected chi connectivity index (χ3v) is 4.55. The van der Waals surface area contributed by atoms with Crippen LogP contribution in [-0.2, 0) is 18.4 Å². The van der Waals surface area contributed by atoms with Crippen molar-refractivity contribution in [3.8, 4) is 0 Å². The second-order valence-corrected chi connectivity index (χ2v) is 6.43. The molecule has 5 nitrogen and oxygen atoms in total. The smallest absolute Gasteiger partial charge is 0.224 e. The van der Waals surface area contributed by atoms with Crippen LogP contribution in [0.15, 0.2) is 18.2 Å². The highest BCUT2D eigenvalue weighted by atomic mass is 16.1. The fraction of sp³-hybridized carbons (Fsp3) is 0.556. The number of amides is 1. The van der Waals surface area contributed by atoms with Gasteiger partial charge in [-0.05, 0) is 50.6 Å². The molecule has 2 heterocycles. The Morgan fingerprint density at radius 3 is 2.78 bits per heavy atom. The molecule has 1 aliphatic rings. The first-order valence-electron chi connectivity index (χ1n) is 8.65.